The summed E-state index contributed by atoms with van der Waals surface area (Å²) in [6, 6.07) is 74.3. The van der Waals surface area contributed by atoms with E-state index in [0.29, 0.717) is 0 Å². The number of para-hydroxylation sites is 2. The molecule has 0 bridgehead atoms. The standard InChI is InChI=1S/C56H35N3/c1-2-15-41(16-3-1)59-53-24-11-10-21-48(53)49-30-29-38(34-54(49)59)36-25-27-37(28-26-36)42-31-32-43(45-18-5-4-17-44(42)45)39-13-12-14-40(33-39)52-35-57-55-50-22-8-6-19-46(50)47-20-7-9-23-51(47)56(55)58-52/h1-35H. The van der Waals surface area contributed by atoms with E-state index in [1.54, 1.807) is 0 Å². The maximum Gasteiger partial charge on any atom is 0.0979 e. The minimum absolute atomic E-state index is 0.862. The van der Waals surface area contributed by atoms with Crippen LogP contribution in [0.5, 0.6) is 0 Å². The van der Waals surface area contributed by atoms with Crippen molar-refractivity contribution in [1.82, 2.24) is 14.5 Å². The average molecular weight is 750 g/mol. The van der Waals surface area contributed by atoms with Crippen LogP contribution in [0, 0.1) is 0 Å². The molecule has 274 valence electrons. The van der Waals surface area contributed by atoms with E-state index in [0.717, 1.165) is 44.3 Å². The first-order chi connectivity index (χ1) is 29.3. The van der Waals surface area contributed by atoms with Gasteiger partial charge in [-0.25, -0.2) is 4.98 Å². The smallest absolute Gasteiger partial charge is 0.0979 e. The van der Waals surface area contributed by atoms with E-state index in [9.17, 15) is 0 Å². The van der Waals surface area contributed by atoms with Crippen molar-refractivity contribution in [2.75, 3.05) is 0 Å². The minimum Gasteiger partial charge on any atom is -0.309 e. The molecule has 0 aliphatic carbocycles. The summed E-state index contributed by atoms with van der Waals surface area (Å²) in [6.45, 7) is 0. The summed E-state index contributed by atoms with van der Waals surface area (Å²) in [5.41, 5.74) is 14.5. The third-order valence-corrected chi connectivity index (χ3v) is 12.0. The molecular weight excluding hydrogens is 715 g/mol. The molecule has 12 rings (SSSR count). The summed E-state index contributed by atoms with van der Waals surface area (Å²) >= 11 is 0. The molecule has 0 radical (unpaired) electrons. The predicted molar refractivity (Wildman–Crippen MR) is 248 cm³/mol. The number of rotatable bonds is 5. The lowest BCUT2D eigenvalue weighted by Crippen LogP contribution is -1.93. The molecule has 0 aliphatic rings. The lowest BCUT2D eigenvalue weighted by atomic mass is 9.91. The molecule has 0 fully saturated rings. The summed E-state index contributed by atoms with van der Waals surface area (Å²) in [5, 5.41) is 9.60. The van der Waals surface area contributed by atoms with Crippen molar-refractivity contribution in [2.45, 2.75) is 0 Å². The molecule has 0 saturated heterocycles. The van der Waals surface area contributed by atoms with Crippen LogP contribution in [0.3, 0.4) is 0 Å². The Kier molecular flexibility index (Phi) is 7.54. The quantitative estimate of drug-likeness (QED) is 0.164. The number of benzene rings is 10. The highest BCUT2D eigenvalue weighted by atomic mass is 15.0. The minimum atomic E-state index is 0.862. The normalized spacial score (nSPS) is 11.7. The Morgan fingerprint density at radius 3 is 1.58 bits per heavy atom. The van der Waals surface area contributed by atoms with Crippen LogP contribution in [0.1, 0.15) is 0 Å². The van der Waals surface area contributed by atoms with Crippen LogP contribution in [0.25, 0.3) is 115 Å². The van der Waals surface area contributed by atoms with Gasteiger partial charge in [0, 0.05) is 32.8 Å². The lowest BCUT2D eigenvalue weighted by molar-refractivity contribution is 1.18. The first-order valence-electron chi connectivity index (χ1n) is 20.2. The molecule has 0 aliphatic heterocycles. The third kappa shape index (κ3) is 5.36. The summed E-state index contributed by atoms with van der Waals surface area (Å²) < 4.78 is 2.38. The van der Waals surface area contributed by atoms with Gasteiger partial charge in [-0.3, -0.25) is 4.98 Å². The summed E-state index contributed by atoms with van der Waals surface area (Å²) in [7, 11) is 0. The summed E-state index contributed by atoms with van der Waals surface area (Å²) in [4.78, 5) is 10.3. The third-order valence-electron chi connectivity index (χ3n) is 12.0. The number of fused-ring (bicyclic) bond motifs is 10. The topological polar surface area (TPSA) is 30.7 Å². The van der Waals surface area contributed by atoms with Crippen molar-refractivity contribution in [3.8, 4) is 50.3 Å². The number of hydrogen-bond acceptors (Lipinski definition) is 2. The second-order valence-electron chi connectivity index (χ2n) is 15.3. The fourth-order valence-electron chi connectivity index (χ4n) is 9.26. The second kappa shape index (κ2) is 13.4. The zero-order valence-electron chi connectivity index (χ0n) is 32.0. The predicted octanol–water partition coefficient (Wildman–Crippen LogP) is 14.9. The Bertz CT molecular complexity index is 3570. The maximum atomic E-state index is 5.28. The molecule has 3 nitrogen and oxygen atoms in total. The maximum absolute atomic E-state index is 5.28. The molecular formula is C56H35N3. The van der Waals surface area contributed by atoms with Crippen LogP contribution in [-0.2, 0) is 0 Å². The van der Waals surface area contributed by atoms with Crippen LogP contribution in [-0.4, -0.2) is 14.5 Å². The van der Waals surface area contributed by atoms with Crippen molar-refractivity contribution in [3.63, 3.8) is 0 Å². The van der Waals surface area contributed by atoms with Gasteiger partial charge in [-0.1, -0.05) is 176 Å². The first kappa shape index (κ1) is 33.3. The van der Waals surface area contributed by atoms with E-state index in [1.165, 1.54) is 71.2 Å². The Labute approximate surface area is 341 Å². The van der Waals surface area contributed by atoms with E-state index < -0.39 is 0 Å². The van der Waals surface area contributed by atoms with E-state index in [-0.39, 0.29) is 0 Å². The van der Waals surface area contributed by atoms with Gasteiger partial charge in [0.25, 0.3) is 0 Å². The lowest BCUT2D eigenvalue weighted by Gasteiger charge is -2.14. The average Bonchev–Trinajstić information content (AvgIpc) is 3.65. The molecule has 0 spiro atoms. The van der Waals surface area contributed by atoms with Crippen LogP contribution in [0.2, 0.25) is 0 Å². The molecule has 2 heterocycles. The van der Waals surface area contributed by atoms with Gasteiger partial charge in [0.15, 0.2) is 0 Å². The molecule has 10 aromatic carbocycles. The SMILES string of the molecule is c1ccc(-n2c3ccccc3c3ccc(-c4ccc(-c5ccc(-c6cccc(-c7cnc8c9ccccc9c9ccccc9c8n7)c6)c6ccccc56)cc4)cc32)cc1. The molecule has 0 unspecified atom stereocenters. The molecule has 3 heteroatoms. The first-order valence-corrected chi connectivity index (χ1v) is 20.2. The van der Waals surface area contributed by atoms with Gasteiger partial charge in [-0.05, 0) is 85.3 Å². The highest BCUT2D eigenvalue weighted by Crippen LogP contribution is 2.40. The van der Waals surface area contributed by atoms with Gasteiger partial charge in [-0.15, -0.1) is 0 Å². The van der Waals surface area contributed by atoms with Crippen molar-refractivity contribution in [3.05, 3.63) is 212 Å². The summed E-state index contributed by atoms with van der Waals surface area (Å²) in [6.07, 6.45) is 1.93. The monoisotopic (exact) mass is 749 g/mol. The number of aromatic nitrogens is 3. The van der Waals surface area contributed by atoms with Crippen LogP contribution >= 0.6 is 0 Å². The largest absolute Gasteiger partial charge is 0.309 e. The molecule has 0 amide bonds. The molecule has 0 atom stereocenters. The van der Waals surface area contributed by atoms with Crippen molar-refractivity contribution in [1.29, 1.82) is 0 Å². The van der Waals surface area contributed by atoms with Crippen LogP contribution in [0.4, 0.5) is 0 Å². The van der Waals surface area contributed by atoms with Gasteiger partial charge in [0.2, 0.25) is 0 Å². The van der Waals surface area contributed by atoms with E-state index in [4.69, 9.17) is 9.97 Å². The molecule has 59 heavy (non-hydrogen) atoms. The summed E-state index contributed by atoms with van der Waals surface area (Å²) in [5.74, 6) is 0. The zero-order chi connectivity index (χ0) is 38.9. The fraction of sp³-hybridized carbons (Fsp3) is 0. The van der Waals surface area contributed by atoms with Gasteiger partial charge in [0.05, 0.1) is 34.0 Å². The van der Waals surface area contributed by atoms with Gasteiger partial charge in [-0.2, -0.15) is 0 Å². The zero-order valence-corrected chi connectivity index (χ0v) is 32.0. The Balaban J connectivity index is 0.914. The highest BCUT2D eigenvalue weighted by Gasteiger charge is 2.16. The Morgan fingerprint density at radius 2 is 0.847 bits per heavy atom. The highest BCUT2D eigenvalue weighted by molar-refractivity contribution is 6.23. The van der Waals surface area contributed by atoms with Crippen LogP contribution in [0.15, 0.2) is 212 Å². The van der Waals surface area contributed by atoms with E-state index in [1.807, 2.05) is 6.20 Å². The number of hydrogen-bond donors (Lipinski definition) is 0. The Morgan fingerprint density at radius 1 is 0.305 bits per heavy atom. The van der Waals surface area contributed by atoms with Gasteiger partial charge >= 0.3 is 0 Å². The molecule has 0 N–H and O–H groups in total. The second-order valence-corrected chi connectivity index (χ2v) is 15.3. The molecule has 12 aromatic rings. The van der Waals surface area contributed by atoms with Gasteiger partial charge < -0.3 is 4.57 Å². The van der Waals surface area contributed by atoms with Crippen LogP contribution < -0.4 is 0 Å². The van der Waals surface area contributed by atoms with Gasteiger partial charge in [0.1, 0.15) is 0 Å². The molecule has 2 aromatic heterocycles. The van der Waals surface area contributed by atoms with E-state index in [2.05, 4.69) is 211 Å². The Hall–Kier alpha value is -7.88. The van der Waals surface area contributed by atoms with Crippen molar-refractivity contribution >= 4 is 65.2 Å². The van der Waals surface area contributed by atoms with Crippen molar-refractivity contribution in [2.24, 2.45) is 0 Å². The molecule has 0 saturated carbocycles. The van der Waals surface area contributed by atoms with Crippen molar-refractivity contribution < 1.29 is 0 Å². The fourth-order valence-corrected chi connectivity index (χ4v) is 9.26. The number of nitrogens with zero attached hydrogens (tertiary/aromatic N) is 3. The van der Waals surface area contributed by atoms with E-state index >= 15 is 0 Å².